The second kappa shape index (κ2) is 5.63. The molecule has 2 N–H and O–H groups in total. The van der Waals surface area contributed by atoms with Crippen molar-refractivity contribution in [2.45, 2.75) is 19.4 Å². The molecule has 6 heteroatoms. The molecule has 4 nitrogen and oxygen atoms in total. The van der Waals surface area contributed by atoms with Gasteiger partial charge in [0.1, 0.15) is 11.9 Å². The van der Waals surface area contributed by atoms with Crippen LogP contribution in [0.2, 0.25) is 5.02 Å². The minimum atomic E-state index is -1.15. The van der Waals surface area contributed by atoms with E-state index in [-0.39, 0.29) is 12.0 Å². The first-order chi connectivity index (χ1) is 7.90. The number of carboxylic acids is 1. The third kappa shape index (κ3) is 4.03. The van der Waals surface area contributed by atoms with Gasteiger partial charge in [-0.25, -0.2) is 4.39 Å². The first-order valence-electron chi connectivity index (χ1n) is 4.86. The minimum absolute atomic E-state index is 0.132. The van der Waals surface area contributed by atoms with Crippen molar-refractivity contribution in [3.63, 3.8) is 0 Å². The average molecular weight is 260 g/mol. The highest BCUT2D eigenvalue weighted by Gasteiger charge is 2.15. The van der Waals surface area contributed by atoms with Gasteiger partial charge in [-0.3, -0.25) is 9.59 Å². The van der Waals surface area contributed by atoms with Crippen molar-refractivity contribution >= 4 is 23.5 Å². The molecular formula is C11H11ClFNO3. The topological polar surface area (TPSA) is 66.4 Å². The molecule has 1 unspecified atom stereocenters. The Morgan fingerprint density at radius 2 is 2.18 bits per heavy atom. The molecule has 1 aromatic rings. The Morgan fingerprint density at radius 1 is 1.53 bits per heavy atom. The van der Waals surface area contributed by atoms with Crippen molar-refractivity contribution in [2.75, 3.05) is 0 Å². The quantitative estimate of drug-likeness (QED) is 0.863. The number of carbonyl (C=O) groups excluding carboxylic acids is 1. The van der Waals surface area contributed by atoms with Gasteiger partial charge >= 0.3 is 5.97 Å². The zero-order valence-corrected chi connectivity index (χ0v) is 9.79. The van der Waals surface area contributed by atoms with Crippen LogP contribution >= 0.6 is 11.6 Å². The van der Waals surface area contributed by atoms with Crippen LogP contribution in [0, 0.1) is 5.82 Å². The Labute approximate surface area is 102 Å². The third-order valence-corrected chi connectivity index (χ3v) is 2.34. The van der Waals surface area contributed by atoms with Gasteiger partial charge in [0, 0.05) is 5.02 Å². The van der Waals surface area contributed by atoms with E-state index in [0.29, 0.717) is 5.02 Å². The van der Waals surface area contributed by atoms with Crippen molar-refractivity contribution in [3.05, 3.63) is 34.6 Å². The van der Waals surface area contributed by atoms with Gasteiger partial charge < -0.3 is 10.4 Å². The summed E-state index contributed by atoms with van der Waals surface area (Å²) in [5.41, 5.74) is 0.132. The summed E-state index contributed by atoms with van der Waals surface area (Å²) in [7, 11) is 0. The van der Waals surface area contributed by atoms with Gasteiger partial charge in [-0.05, 0) is 30.7 Å². The summed E-state index contributed by atoms with van der Waals surface area (Å²) in [5, 5.41) is 11.1. The number of halogens is 2. The Morgan fingerprint density at radius 3 is 2.76 bits per heavy atom. The molecule has 0 spiro atoms. The molecule has 92 valence electrons. The molecule has 1 amide bonds. The smallest absolute Gasteiger partial charge is 0.325 e. The van der Waals surface area contributed by atoms with Gasteiger partial charge in [0.2, 0.25) is 5.91 Å². The minimum Gasteiger partial charge on any atom is -0.480 e. The highest BCUT2D eigenvalue weighted by atomic mass is 35.5. The molecule has 1 atom stereocenters. The largest absolute Gasteiger partial charge is 0.480 e. The lowest BCUT2D eigenvalue weighted by Crippen LogP contribution is -2.39. The van der Waals surface area contributed by atoms with Crippen LogP contribution in [0.1, 0.15) is 12.5 Å². The maximum absolute atomic E-state index is 13.3. The van der Waals surface area contributed by atoms with E-state index in [4.69, 9.17) is 16.7 Å². The van der Waals surface area contributed by atoms with E-state index >= 15 is 0 Å². The Hall–Kier alpha value is -1.62. The van der Waals surface area contributed by atoms with E-state index in [0.717, 1.165) is 6.07 Å². The molecule has 0 bridgehead atoms. The van der Waals surface area contributed by atoms with Crippen LogP contribution < -0.4 is 5.32 Å². The molecule has 0 radical (unpaired) electrons. The fraction of sp³-hybridized carbons (Fsp3) is 0.273. The number of carboxylic acid groups (broad SMARTS) is 1. The van der Waals surface area contributed by atoms with Crippen molar-refractivity contribution in [1.29, 1.82) is 0 Å². The van der Waals surface area contributed by atoms with E-state index in [2.05, 4.69) is 5.32 Å². The zero-order valence-electron chi connectivity index (χ0n) is 9.04. The predicted octanol–water partition coefficient (Wildman–Crippen LogP) is 1.61. The van der Waals surface area contributed by atoms with E-state index in [1.54, 1.807) is 0 Å². The monoisotopic (exact) mass is 259 g/mol. The molecule has 1 aromatic carbocycles. The second-order valence-electron chi connectivity index (χ2n) is 3.54. The van der Waals surface area contributed by atoms with E-state index in [9.17, 15) is 14.0 Å². The van der Waals surface area contributed by atoms with E-state index in [1.807, 2.05) is 0 Å². The number of rotatable bonds is 4. The maximum atomic E-state index is 13.3. The van der Waals surface area contributed by atoms with Crippen molar-refractivity contribution in [2.24, 2.45) is 0 Å². The van der Waals surface area contributed by atoms with Crippen LogP contribution in [0.25, 0.3) is 0 Å². The zero-order chi connectivity index (χ0) is 13.0. The summed E-state index contributed by atoms with van der Waals surface area (Å²) in [6, 6.07) is 2.86. The standard InChI is InChI=1S/C11H11ClFNO3/c1-6(11(16)17)14-10(15)5-7-4-8(12)2-3-9(7)13/h2-4,6H,5H2,1H3,(H,14,15)(H,16,17). The van der Waals surface area contributed by atoms with Crippen LogP contribution in [-0.2, 0) is 16.0 Å². The highest BCUT2D eigenvalue weighted by molar-refractivity contribution is 6.30. The first-order valence-corrected chi connectivity index (χ1v) is 5.24. The molecule has 0 aromatic heterocycles. The molecule has 0 saturated carbocycles. The van der Waals surface area contributed by atoms with Crippen LogP contribution in [-0.4, -0.2) is 23.0 Å². The van der Waals surface area contributed by atoms with Crippen molar-refractivity contribution < 1.29 is 19.1 Å². The highest BCUT2D eigenvalue weighted by Crippen LogP contribution is 2.15. The lowest BCUT2D eigenvalue weighted by atomic mass is 10.1. The van der Waals surface area contributed by atoms with Gasteiger partial charge in [0.05, 0.1) is 6.42 Å². The molecule has 0 aliphatic rings. The Balaban J connectivity index is 2.68. The molecule has 0 heterocycles. The SMILES string of the molecule is CC(NC(=O)Cc1cc(Cl)ccc1F)C(=O)O. The fourth-order valence-corrected chi connectivity index (χ4v) is 1.40. The normalized spacial score (nSPS) is 11.9. The number of nitrogens with one attached hydrogen (secondary N) is 1. The third-order valence-electron chi connectivity index (χ3n) is 2.11. The van der Waals surface area contributed by atoms with Crippen molar-refractivity contribution in [1.82, 2.24) is 5.32 Å². The molecule has 0 fully saturated rings. The summed E-state index contributed by atoms with van der Waals surface area (Å²) in [4.78, 5) is 21.9. The summed E-state index contributed by atoms with van der Waals surface area (Å²) in [6.07, 6.45) is -0.246. The molecule has 17 heavy (non-hydrogen) atoms. The van der Waals surface area contributed by atoms with Gasteiger partial charge in [-0.15, -0.1) is 0 Å². The van der Waals surface area contributed by atoms with Gasteiger partial charge in [0.15, 0.2) is 0 Å². The van der Waals surface area contributed by atoms with Gasteiger partial charge in [-0.1, -0.05) is 11.6 Å². The Bertz CT molecular complexity index is 450. The molecular weight excluding hydrogens is 249 g/mol. The van der Waals surface area contributed by atoms with Crippen LogP contribution in [0.4, 0.5) is 4.39 Å². The molecule has 0 aliphatic heterocycles. The fourth-order valence-electron chi connectivity index (χ4n) is 1.21. The average Bonchev–Trinajstić information content (AvgIpc) is 2.23. The van der Waals surface area contributed by atoms with E-state index < -0.39 is 23.7 Å². The van der Waals surface area contributed by atoms with Crippen LogP contribution in [0.15, 0.2) is 18.2 Å². The summed E-state index contributed by atoms with van der Waals surface area (Å²) in [6.45, 7) is 1.33. The molecule has 0 saturated heterocycles. The lowest BCUT2D eigenvalue weighted by molar-refractivity contribution is -0.141. The van der Waals surface area contributed by atoms with E-state index in [1.165, 1.54) is 19.1 Å². The Kier molecular flexibility index (Phi) is 4.45. The number of hydrogen-bond acceptors (Lipinski definition) is 2. The number of benzene rings is 1. The van der Waals surface area contributed by atoms with Crippen LogP contribution in [0.5, 0.6) is 0 Å². The first kappa shape index (κ1) is 13.4. The van der Waals surface area contributed by atoms with Crippen LogP contribution in [0.3, 0.4) is 0 Å². The van der Waals surface area contributed by atoms with Gasteiger partial charge in [0.25, 0.3) is 0 Å². The maximum Gasteiger partial charge on any atom is 0.325 e. The molecule has 0 aliphatic carbocycles. The summed E-state index contributed by atoms with van der Waals surface area (Å²) in [5.74, 6) is -2.27. The summed E-state index contributed by atoms with van der Waals surface area (Å²) < 4.78 is 13.3. The predicted molar refractivity (Wildman–Crippen MR) is 60.4 cm³/mol. The molecule has 1 rings (SSSR count). The summed E-state index contributed by atoms with van der Waals surface area (Å²) >= 11 is 5.66. The number of aliphatic carboxylic acids is 1. The lowest BCUT2D eigenvalue weighted by Gasteiger charge is -2.09. The van der Waals surface area contributed by atoms with Crippen molar-refractivity contribution in [3.8, 4) is 0 Å². The van der Waals surface area contributed by atoms with Gasteiger partial charge in [-0.2, -0.15) is 0 Å². The second-order valence-corrected chi connectivity index (χ2v) is 3.98. The number of carbonyl (C=O) groups is 2. The number of hydrogen-bond donors (Lipinski definition) is 2. The number of amides is 1.